The molecule has 3 aromatic heterocycles. The van der Waals surface area contributed by atoms with Crippen molar-refractivity contribution in [1.82, 2.24) is 19.5 Å². The van der Waals surface area contributed by atoms with E-state index >= 15 is 0 Å². The van der Waals surface area contributed by atoms with Crippen LogP contribution in [0.3, 0.4) is 0 Å². The van der Waals surface area contributed by atoms with Gasteiger partial charge in [0, 0.05) is 49.5 Å². The van der Waals surface area contributed by atoms with E-state index in [1.807, 2.05) is 42.5 Å². The smallest absolute Gasteiger partial charge is 0.164 e. The lowest BCUT2D eigenvalue weighted by Crippen LogP contribution is -2.15. The van der Waals surface area contributed by atoms with E-state index in [0.29, 0.717) is 17.5 Å². The minimum Gasteiger partial charge on any atom is -0.456 e. The Morgan fingerprint density at radius 3 is 1.76 bits per heavy atom. The summed E-state index contributed by atoms with van der Waals surface area (Å²) < 4.78 is 9.12. The van der Waals surface area contributed by atoms with Crippen LogP contribution in [-0.2, 0) is 5.41 Å². The van der Waals surface area contributed by atoms with E-state index < -0.39 is 0 Å². The molecule has 0 saturated carbocycles. The van der Waals surface area contributed by atoms with Crippen molar-refractivity contribution in [2.45, 2.75) is 19.3 Å². The molecule has 5 heteroatoms. The van der Waals surface area contributed by atoms with Crippen molar-refractivity contribution < 1.29 is 4.42 Å². The molecule has 12 rings (SSSR count). The molecule has 0 N–H and O–H groups in total. The summed E-state index contributed by atoms with van der Waals surface area (Å²) in [6.07, 6.45) is 0. The van der Waals surface area contributed by atoms with Crippen LogP contribution in [0.15, 0.2) is 186 Å². The van der Waals surface area contributed by atoms with Gasteiger partial charge in [-0.25, -0.2) is 15.0 Å². The highest BCUT2D eigenvalue weighted by Gasteiger charge is 2.39. The number of aromatic nitrogens is 4. The molecule has 0 amide bonds. The number of fused-ring (bicyclic) bond motifs is 11. The molecule has 8 aromatic carbocycles. The van der Waals surface area contributed by atoms with Crippen LogP contribution in [0.25, 0.3) is 106 Å². The van der Waals surface area contributed by atoms with Gasteiger partial charge in [0.15, 0.2) is 17.5 Å². The molecule has 0 aliphatic heterocycles. The molecule has 0 saturated heterocycles. The maximum atomic E-state index is 6.62. The number of rotatable bonds is 5. The quantitative estimate of drug-likeness (QED) is 0.175. The fourth-order valence-electron chi connectivity index (χ4n) is 9.49. The first-order valence-corrected chi connectivity index (χ1v) is 20.1. The Labute approximate surface area is 340 Å². The third kappa shape index (κ3) is 5.01. The summed E-state index contributed by atoms with van der Waals surface area (Å²) >= 11 is 0. The van der Waals surface area contributed by atoms with Gasteiger partial charge in [-0.05, 0) is 64.2 Å². The summed E-state index contributed by atoms with van der Waals surface area (Å²) in [6, 6.07) is 64.0. The molecule has 0 fully saturated rings. The number of benzene rings is 8. The van der Waals surface area contributed by atoms with E-state index in [-0.39, 0.29) is 5.41 Å². The summed E-state index contributed by atoms with van der Waals surface area (Å²) in [7, 11) is 0. The topological polar surface area (TPSA) is 56.7 Å². The fraction of sp³-hybridized carbons (Fsp3) is 0.0556. The second-order valence-corrected chi connectivity index (χ2v) is 16.0. The first-order valence-electron chi connectivity index (χ1n) is 20.1. The van der Waals surface area contributed by atoms with Crippen LogP contribution < -0.4 is 0 Å². The Morgan fingerprint density at radius 2 is 1.03 bits per heavy atom. The average molecular weight is 757 g/mol. The lowest BCUT2D eigenvalue weighted by atomic mass is 9.81. The monoisotopic (exact) mass is 756 g/mol. The molecule has 0 radical (unpaired) electrons. The van der Waals surface area contributed by atoms with Crippen molar-refractivity contribution in [2.24, 2.45) is 0 Å². The van der Waals surface area contributed by atoms with Crippen LogP contribution in [0, 0.1) is 0 Å². The third-order valence-corrected chi connectivity index (χ3v) is 12.2. The van der Waals surface area contributed by atoms with Crippen molar-refractivity contribution in [1.29, 1.82) is 0 Å². The van der Waals surface area contributed by atoms with Crippen molar-refractivity contribution in [3.05, 3.63) is 193 Å². The van der Waals surface area contributed by atoms with E-state index in [4.69, 9.17) is 19.4 Å². The predicted molar refractivity (Wildman–Crippen MR) is 241 cm³/mol. The molecular weight excluding hydrogens is 721 g/mol. The number of furan rings is 1. The summed E-state index contributed by atoms with van der Waals surface area (Å²) in [6.45, 7) is 4.69. The zero-order valence-electron chi connectivity index (χ0n) is 32.5. The maximum Gasteiger partial charge on any atom is 0.164 e. The van der Waals surface area contributed by atoms with E-state index in [9.17, 15) is 0 Å². The van der Waals surface area contributed by atoms with Gasteiger partial charge >= 0.3 is 0 Å². The van der Waals surface area contributed by atoms with E-state index in [1.165, 1.54) is 27.8 Å². The second-order valence-electron chi connectivity index (χ2n) is 16.0. The van der Waals surface area contributed by atoms with E-state index in [2.05, 4.69) is 158 Å². The Balaban J connectivity index is 1.30. The molecule has 0 bridgehead atoms. The summed E-state index contributed by atoms with van der Waals surface area (Å²) in [5.74, 6) is 1.90. The number of nitrogens with zero attached hydrogens (tertiary/aromatic N) is 4. The SMILES string of the molecule is CC1(C)c2ccccc2-c2c1cc(-c1nc(-c3ccccc3)nc(-c3ccccc3)n1)c1c3ccc4oc5ccccc5c4c3n(-c3cccc(-c4ccccc4)c3)c21. The standard InChI is InChI=1S/C54H36N4O/c1-54(2)42-27-14-12-25-38(42)47-43(54)32-41(53-56-51(34-19-8-4-9-20-34)55-52(57-53)35-21-10-5-11-22-35)46-40-29-30-45-48(39-26-13-15-28-44(39)59-45)49(40)58(50(46)47)37-24-16-23-36(31-37)33-17-6-3-7-18-33/h3-32H,1-2H3. The van der Waals surface area contributed by atoms with Gasteiger partial charge in [0.25, 0.3) is 0 Å². The molecule has 5 nitrogen and oxygen atoms in total. The lowest BCUT2D eigenvalue weighted by molar-refractivity contribution is 0.661. The van der Waals surface area contributed by atoms with E-state index in [0.717, 1.165) is 71.7 Å². The maximum absolute atomic E-state index is 6.62. The highest BCUT2D eigenvalue weighted by Crippen LogP contribution is 2.56. The van der Waals surface area contributed by atoms with Gasteiger partial charge in [-0.1, -0.05) is 159 Å². The minimum absolute atomic E-state index is 0.308. The Hall–Kier alpha value is -7.63. The van der Waals surface area contributed by atoms with E-state index in [1.54, 1.807) is 0 Å². The van der Waals surface area contributed by atoms with Crippen LogP contribution in [0.2, 0.25) is 0 Å². The molecule has 0 unspecified atom stereocenters. The highest BCUT2D eigenvalue weighted by molar-refractivity contribution is 6.29. The van der Waals surface area contributed by atoms with Crippen LogP contribution in [0.1, 0.15) is 25.0 Å². The predicted octanol–water partition coefficient (Wildman–Crippen LogP) is 13.8. The minimum atomic E-state index is -0.308. The molecule has 11 aromatic rings. The molecule has 0 spiro atoms. The largest absolute Gasteiger partial charge is 0.456 e. The zero-order valence-corrected chi connectivity index (χ0v) is 32.5. The van der Waals surface area contributed by atoms with Crippen molar-refractivity contribution in [3.8, 4) is 62.1 Å². The highest BCUT2D eigenvalue weighted by atomic mass is 16.3. The second kappa shape index (κ2) is 12.7. The normalized spacial score (nSPS) is 13.1. The molecule has 1 aliphatic carbocycles. The molecule has 3 heterocycles. The average Bonchev–Trinajstić information content (AvgIpc) is 3.92. The van der Waals surface area contributed by atoms with Gasteiger partial charge in [-0.3, -0.25) is 0 Å². The van der Waals surface area contributed by atoms with Crippen molar-refractivity contribution in [3.63, 3.8) is 0 Å². The first kappa shape index (κ1) is 33.5. The molecular formula is C54H36N4O. The Kier molecular flexibility index (Phi) is 7.20. The zero-order chi connectivity index (χ0) is 39.2. The number of para-hydroxylation sites is 1. The van der Waals surface area contributed by atoms with Gasteiger partial charge in [0.05, 0.1) is 16.4 Å². The van der Waals surface area contributed by atoms with Crippen LogP contribution in [-0.4, -0.2) is 19.5 Å². The van der Waals surface area contributed by atoms with Crippen LogP contribution in [0.5, 0.6) is 0 Å². The van der Waals surface area contributed by atoms with Gasteiger partial charge in [0.1, 0.15) is 11.2 Å². The Bertz CT molecular complexity index is 3400. The first-order chi connectivity index (χ1) is 29.0. The van der Waals surface area contributed by atoms with Gasteiger partial charge in [-0.2, -0.15) is 0 Å². The summed E-state index contributed by atoms with van der Waals surface area (Å²) in [5.41, 5.74) is 14.8. The van der Waals surface area contributed by atoms with Crippen molar-refractivity contribution >= 4 is 43.7 Å². The molecule has 0 atom stereocenters. The van der Waals surface area contributed by atoms with Crippen LogP contribution in [0.4, 0.5) is 0 Å². The third-order valence-electron chi connectivity index (χ3n) is 12.2. The molecule has 59 heavy (non-hydrogen) atoms. The molecule has 1 aliphatic rings. The fourth-order valence-corrected chi connectivity index (χ4v) is 9.49. The molecule has 278 valence electrons. The number of hydrogen-bond acceptors (Lipinski definition) is 4. The number of hydrogen-bond donors (Lipinski definition) is 0. The van der Waals surface area contributed by atoms with Crippen LogP contribution >= 0.6 is 0 Å². The Morgan fingerprint density at radius 1 is 0.424 bits per heavy atom. The van der Waals surface area contributed by atoms with Crippen molar-refractivity contribution in [2.75, 3.05) is 0 Å². The van der Waals surface area contributed by atoms with Gasteiger partial charge in [-0.15, -0.1) is 0 Å². The summed E-state index contributed by atoms with van der Waals surface area (Å²) in [5, 5.41) is 4.35. The van der Waals surface area contributed by atoms with Gasteiger partial charge in [0.2, 0.25) is 0 Å². The lowest BCUT2D eigenvalue weighted by Gasteiger charge is -2.22. The van der Waals surface area contributed by atoms with Gasteiger partial charge < -0.3 is 8.98 Å². The summed E-state index contributed by atoms with van der Waals surface area (Å²) in [4.78, 5) is 15.8.